The van der Waals surface area contributed by atoms with Gasteiger partial charge in [-0.05, 0) is 25.2 Å². The van der Waals surface area contributed by atoms with Crippen molar-refractivity contribution in [3.8, 4) is 0 Å². The smallest absolute Gasteiger partial charge is 0.261 e. The fourth-order valence-corrected chi connectivity index (χ4v) is 1.41. The van der Waals surface area contributed by atoms with Gasteiger partial charge in [-0.2, -0.15) is 0 Å². The third kappa shape index (κ3) is 6.27. The van der Waals surface area contributed by atoms with Gasteiger partial charge >= 0.3 is 0 Å². The molecule has 0 aromatic carbocycles. The SMILES string of the molecule is NC(CCOCC(F)F)CCC1CC1. The van der Waals surface area contributed by atoms with Crippen LogP contribution in [0.15, 0.2) is 0 Å². The van der Waals surface area contributed by atoms with Crippen LogP contribution in [0.2, 0.25) is 0 Å². The maximum atomic E-state index is 11.7. The largest absolute Gasteiger partial charge is 0.375 e. The van der Waals surface area contributed by atoms with E-state index in [4.69, 9.17) is 10.5 Å². The normalized spacial score (nSPS) is 18.9. The van der Waals surface area contributed by atoms with Gasteiger partial charge in [-0.25, -0.2) is 8.78 Å². The van der Waals surface area contributed by atoms with Crippen molar-refractivity contribution in [1.82, 2.24) is 0 Å². The fraction of sp³-hybridized carbons (Fsp3) is 1.00. The number of rotatable bonds is 8. The molecule has 2 nitrogen and oxygen atoms in total. The lowest BCUT2D eigenvalue weighted by Gasteiger charge is -2.11. The van der Waals surface area contributed by atoms with E-state index in [1.165, 1.54) is 19.3 Å². The van der Waals surface area contributed by atoms with Gasteiger partial charge in [0.2, 0.25) is 0 Å². The number of nitrogens with two attached hydrogens (primary N) is 1. The predicted molar refractivity (Wildman–Crippen MR) is 51.4 cm³/mol. The van der Waals surface area contributed by atoms with E-state index in [1.807, 2.05) is 0 Å². The Bertz CT molecular complexity index is 151. The Balaban J connectivity index is 1.83. The van der Waals surface area contributed by atoms with Crippen molar-refractivity contribution in [2.75, 3.05) is 13.2 Å². The van der Waals surface area contributed by atoms with Gasteiger partial charge in [0.25, 0.3) is 6.43 Å². The lowest BCUT2D eigenvalue weighted by atomic mass is 10.1. The topological polar surface area (TPSA) is 35.2 Å². The Morgan fingerprint density at radius 1 is 1.29 bits per heavy atom. The molecule has 84 valence electrons. The molecular formula is C10H19F2NO. The van der Waals surface area contributed by atoms with Crippen LogP contribution in [0.5, 0.6) is 0 Å². The highest BCUT2D eigenvalue weighted by Gasteiger charge is 2.21. The van der Waals surface area contributed by atoms with Crippen molar-refractivity contribution < 1.29 is 13.5 Å². The summed E-state index contributed by atoms with van der Waals surface area (Å²) in [6.07, 6.45) is 3.21. The minimum absolute atomic E-state index is 0.119. The van der Waals surface area contributed by atoms with Gasteiger partial charge < -0.3 is 10.5 Å². The summed E-state index contributed by atoms with van der Waals surface area (Å²) in [5.74, 6) is 0.892. The second-order valence-electron chi connectivity index (χ2n) is 4.04. The molecule has 1 atom stereocenters. The van der Waals surface area contributed by atoms with E-state index >= 15 is 0 Å². The first-order valence-corrected chi connectivity index (χ1v) is 5.30. The molecule has 0 spiro atoms. The summed E-state index contributed by atoms with van der Waals surface area (Å²) in [5.41, 5.74) is 5.80. The highest BCUT2D eigenvalue weighted by molar-refractivity contribution is 4.75. The average Bonchev–Trinajstić information content (AvgIpc) is 2.92. The van der Waals surface area contributed by atoms with Crippen LogP contribution >= 0.6 is 0 Å². The van der Waals surface area contributed by atoms with E-state index < -0.39 is 13.0 Å². The van der Waals surface area contributed by atoms with Crippen LogP contribution in [0.1, 0.15) is 32.1 Å². The second-order valence-corrected chi connectivity index (χ2v) is 4.04. The van der Waals surface area contributed by atoms with Gasteiger partial charge in [-0.1, -0.05) is 12.8 Å². The van der Waals surface area contributed by atoms with Crippen LogP contribution in [0.3, 0.4) is 0 Å². The minimum atomic E-state index is -2.36. The first kappa shape index (κ1) is 11.9. The summed E-state index contributed by atoms with van der Waals surface area (Å²) in [6, 6.07) is 0.119. The van der Waals surface area contributed by atoms with Gasteiger partial charge in [-0.15, -0.1) is 0 Å². The van der Waals surface area contributed by atoms with Crippen LogP contribution in [-0.2, 0) is 4.74 Å². The van der Waals surface area contributed by atoms with Crippen molar-refractivity contribution in [1.29, 1.82) is 0 Å². The zero-order valence-corrected chi connectivity index (χ0v) is 8.42. The van der Waals surface area contributed by atoms with E-state index in [0.717, 1.165) is 12.3 Å². The molecule has 0 aromatic heterocycles. The maximum Gasteiger partial charge on any atom is 0.261 e. The molecule has 0 amide bonds. The van der Waals surface area contributed by atoms with E-state index in [0.29, 0.717) is 13.0 Å². The molecule has 1 saturated carbocycles. The third-order valence-corrected chi connectivity index (χ3v) is 2.52. The monoisotopic (exact) mass is 207 g/mol. The highest BCUT2D eigenvalue weighted by atomic mass is 19.3. The summed E-state index contributed by atoms with van der Waals surface area (Å²) in [7, 11) is 0. The van der Waals surface area contributed by atoms with Gasteiger partial charge in [0.15, 0.2) is 0 Å². The molecule has 0 bridgehead atoms. The molecule has 0 saturated heterocycles. The lowest BCUT2D eigenvalue weighted by molar-refractivity contribution is 0.0150. The van der Waals surface area contributed by atoms with Gasteiger partial charge in [0, 0.05) is 12.6 Å². The third-order valence-electron chi connectivity index (χ3n) is 2.52. The summed E-state index contributed by atoms with van der Waals surface area (Å²) >= 11 is 0. The molecule has 1 unspecified atom stereocenters. The molecule has 4 heteroatoms. The first-order valence-electron chi connectivity index (χ1n) is 5.30. The van der Waals surface area contributed by atoms with Crippen LogP contribution in [0.4, 0.5) is 8.78 Å². The summed E-state index contributed by atoms with van der Waals surface area (Å²) < 4.78 is 28.1. The molecule has 1 fully saturated rings. The van der Waals surface area contributed by atoms with Gasteiger partial charge in [0.05, 0.1) is 0 Å². The standard InChI is InChI=1S/C10H19F2NO/c11-10(12)7-14-6-5-9(13)4-3-8-1-2-8/h8-10H,1-7,13H2. The van der Waals surface area contributed by atoms with Crippen molar-refractivity contribution in [3.63, 3.8) is 0 Å². The first-order chi connectivity index (χ1) is 6.68. The average molecular weight is 207 g/mol. The number of hydrogen-bond acceptors (Lipinski definition) is 2. The lowest BCUT2D eigenvalue weighted by Crippen LogP contribution is -2.22. The molecule has 1 aliphatic carbocycles. The zero-order valence-electron chi connectivity index (χ0n) is 8.42. The molecule has 0 aliphatic heterocycles. The maximum absolute atomic E-state index is 11.7. The Labute approximate surface area is 83.8 Å². The van der Waals surface area contributed by atoms with E-state index in [9.17, 15) is 8.78 Å². The van der Waals surface area contributed by atoms with Crippen molar-refractivity contribution in [3.05, 3.63) is 0 Å². The van der Waals surface area contributed by atoms with Crippen LogP contribution in [0, 0.1) is 5.92 Å². The van der Waals surface area contributed by atoms with E-state index in [-0.39, 0.29) is 6.04 Å². The zero-order chi connectivity index (χ0) is 10.4. The molecule has 2 N–H and O–H groups in total. The van der Waals surface area contributed by atoms with E-state index in [1.54, 1.807) is 0 Å². The van der Waals surface area contributed by atoms with Gasteiger partial charge in [0.1, 0.15) is 6.61 Å². The molecule has 0 heterocycles. The Hall–Kier alpha value is -0.220. The van der Waals surface area contributed by atoms with Crippen molar-refractivity contribution >= 4 is 0 Å². The summed E-state index contributed by atoms with van der Waals surface area (Å²) in [6.45, 7) is -0.106. The summed E-state index contributed by atoms with van der Waals surface area (Å²) in [4.78, 5) is 0. The number of ether oxygens (including phenoxy) is 1. The minimum Gasteiger partial charge on any atom is -0.375 e. The van der Waals surface area contributed by atoms with Crippen LogP contribution in [0.25, 0.3) is 0 Å². The quantitative estimate of drug-likeness (QED) is 0.619. The Morgan fingerprint density at radius 3 is 2.57 bits per heavy atom. The molecule has 14 heavy (non-hydrogen) atoms. The van der Waals surface area contributed by atoms with E-state index in [2.05, 4.69) is 0 Å². The highest BCUT2D eigenvalue weighted by Crippen LogP contribution is 2.33. The fourth-order valence-electron chi connectivity index (χ4n) is 1.41. The predicted octanol–water partition coefficient (Wildman–Crippen LogP) is 2.18. The summed E-state index contributed by atoms with van der Waals surface area (Å²) in [5, 5.41) is 0. The molecule has 0 radical (unpaired) electrons. The van der Waals surface area contributed by atoms with Crippen LogP contribution in [-0.4, -0.2) is 25.7 Å². The van der Waals surface area contributed by atoms with Crippen molar-refractivity contribution in [2.45, 2.75) is 44.6 Å². The Morgan fingerprint density at radius 2 is 2.00 bits per heavy atom. The van der Waals surface area contributed by atoms with Crippen molar-refractivity contribution in [2.24, 2.45) is 11.7 Å². The molecule has 1 rings (SSSR count). The number of hydrogen-bond donors (Lipinski definition) is 1. The molecular weight excluding hydrogens is 188 g/mol. The number of halogens is 2. The molecule has 1 aliphatic rings. The van der Waals surface area contributed by atoms with Crippen LogP contribution < -0.4 is 5.73 Å². The second kappa shape index (κ2) is 6.30. The van der Waals surface area contributed by atoms with Gasteiger partial charge in [-0.3, -0.25) is 0 Å². The number of alkyl halides is 2. The molecule has 0 aromatic rings. The Kier molecular flexibility index (Phi) is 5.33.